The van der Waals surface area contributed by atoms with Gasteiger partial charge >= 0.3 is 0 Å². The van der Waals surface area contributed by atoms with Gasteiger partial charge in [-0.15, -0.1) is 0 Å². The van der Waals surface area contributed by atoms with Gasteiger partial charge in [-0.1, -0.05) is 23.7 Å². The van der Waals surface area contributed by atoms with Gasteiger partial charge < -0.3 is 0 Å². The smallest absolute Gasteiger partial charge is 0.144 e. The molecule has 0 aliphatic rings. The lowest BCUT2D eigenvalue weighted by Gasteiger charge is -2.00. The predicted molar refractivity (Wildman–Crippen MR) is 53.9 cm³/mol. The van der Waals surface area contributed by atoms with Crippen LogP contribution in [-0.2, 0) is 6.42 Å². The Bertz CT molecular complexity index is 516. The fourth-order valence-corrected chi connectivity index (χ4v) is 1.49. The summed E-state index contributed by atoms with van der Waals surface area (Å²) in [7, 11) is 0. The van der Waals surface area contributed by atoms with Gasteiger partial charge in [0.15, 0.2) is 0 Å². The third-order valence-corrected chi connectivity index (χ3v) is 2.13. The minimum Gasteiger partial charge on any atom is -0.232 e. The normalized spacial score (nSPS) is 10.0. The lowest BCUT2D eigenvalue weighted by atomic mass is 10.2. The van der Waals surface area contributed by atoms with Crippen molar-refractivity contribution in [2.75, 3.05) is 0 Å². The van der Waals surface area contributed by atoms with E-state index in [0.717, 1.165) is 10.9 Å². The maximum Gasteiger partial charge on any atom is 0.144 e. The Morgan fingerprint density at radius 2 is 2.07 bits per heavy atom. The van der Waals surface area contributed by atoms with Crippen molar-refractivity contribution in [1.29, 1.82) is 5.26 Å². The van der Waals surface area contributed by atoms with Gasteiger partial charge in [0.25, 0.3) is 0 Å². The maximum absolute atomic E-state index is 8.51. The summed E-state index contributed by atoms with van der Waals surface area (Å²) in [5.74, 6) is 0.469. The van der Waals surface area contributed by atoms with E-state index in [1.807, 2.05) is 30.3 Å². The molecule has 0 atom stereocenters. The number of benzene rings is 1. The first-order chi connectivity index (χ1) is 6.81. The summed E-state index contributed by atoms with van der Waals surface area (Å²) < 4.78 is 0. The summed E-state index contributed by atoms with van der Waals surface area (Å²) >= 11 is 5.94. The first-order valence-electron chi connectivity index (χ1n) is 4.09. The Labute approximate surface area is 86.0 Å². The molecule has 3 nitrogen and oxygen atoms in total. The summed E-state index contributed by atoms with van der Waals surface area (Å²) in [5.41, 5.74) is 0.776. The molecule has 1 heterocycles. The summed E-state index contributed by atoms with van der Waals surface area (Å²) in [4.78, 5) is 8.23. The third-order valence-electron chi connectivity index (χ3n) is 1.84. The molecule has 1 aromatic heterocycles. The van der Waals surface area contributed by atoms with Gasteiger partial charge in [-0.3, -0.25) is 0 Å². The molecule has 0 spiro atoms. The average molecular weight is 204 g/mol. The maximum atomic E-state index is 8.51. The monoisotopic (exact) mass is 203 g/mol. The topological polar surface area (TPSA) is 49.6 Å². The quantitative estimate of drug-likeness (QED) is 0.669. The standard InChI is InChI=1S/C10H6ClN3/c11-10-7-3-1-2-4-8(7)13-9(14-10)5-6-12/h1-4H,5H2. The second-order valence-corrected chi connectivity index (χ2v) is 3.14. The van der Waals surface area contributed by atoms with Gasteiger partial charge in [0, 0.05) is 5.39 Å². The number of nitrogens with zero attached hydrogens (tertiary/aromatic N) is 3. The van der Waals surface area contributed by atoms with E-state index in [0.29, 0.717) is 11.0 Å². The molecule has 14 heavy (non-hydrogen) atoms. The minimum atomic E-state index is 0.185. The van der Waals surface area contributed by atoms with Crippen molar-refractivity contribution in [3.05, 3.63) is 35.2 Å². The van der Waals surface area contributed by atoms with E-state index < -0.39 is 0 Å². The van der Waals surface area contributed by atoms with Crippen LogP contribution in [0.2, 0.25) is 5.15 Å². The summed E-state index contributed by atoms with van der Waals surface area (Å²) in [6, 6.07) is 9.45. The van der Waals surface area contributed by atoms with Crippen molar-refractivity contribution >= 4 is 22.5 Å². The van der Waals surface area contributed by atoms with Crippen molar-refractivity contribution in [2.24, 2.45) is 0 Å². The molecule has 0 saturated carbocycles. The lowest BCUT2D eigenvalue weighted by Crippen LogP contribution is -1.94. The largest absolute Gasteiger partial charge is 0.232 e. The molecule has 4 heteroatoms. The van der Waals surface area contributed by atoms with Crippen LogP contribution < -0.4 is 0 Å². The number of hydrogen-bond acceptors (Lipinski definition) is 3. The molecule has 0 amide bonds. The van der Waals surface area contributed by atoms with Crippen LogP contribution in [0.25, 0.3) is 10.9 Å². The zero-order chi connectivity index (χ0) is 9.97. The summed E-state index contributed by atoms with van der Waals surface area (Å²) in [6.45, 7) is 0. The Balaban J connectivity index is 2.67. The number of para-hydroxylation sites is 1. The van der Waals surface area contributed by atoms with E-state index in [1.165, 1.54) is 0 Å². The Morgan fingerprint density at radius 3 is 2.86 bits per heavy atom. The highest BCUT2D eigenvalue weighted by molar-refractivity contribution is 6.34. The second kappa shape index (κ2) is 3.60. The number of hydrogen-bond donors (Lipinski definition) is 0. The van der Waals surface area contributed by atoms with Gasteiger partial charge in [-0.25, -0.2) is 9.97 Å². The number of rotatable bonds is 1. The van der Waals surface area contributed by atoms with Crippen molar-refractivity contribution < 1.29 is 0 Å². The van der Waals surface area contributed by atoms with Crippen LogP contribution in [0.3, 0.4) is 0 Å². The summed E-state index contributed by atoms with van der Waals surface area (Å²) in [6.07, 6.45) is 0.185. The first-order valence-corrected chi connectivity index (χ1v) is 4.47. The van der Waals surface area contributed by atoms with E-state index in [-0.39, 0.29) is 6.42 Å². The molecule has 0 saturated heterocycles. The molecule has 2 rings (SSSR count). The molecule has 0 unspecified atom stereocenters. The highest BCUT2D eigenvalue weighted by atomic mass is 35.5. The predicted octanol–water partition coefficient (Wildman–Crippen LogP) is 2.35. The lowest BCUT2D eigenvalue weighted by molar-refractivity contribution is 1.02. The van der Waals surface area contributed by atoms with Crippen molar-refractivity contribution in [3.8, 4) is 6.07 Å². The fraction of sp³-hybridized carbons (Fsp3) is 0.100. The van der Waals surface area contributed by atoms with Crippen LogP contribution >= 0.6 is 11.6 Å². The second-order valence-electron chi connectivity index (χ2n) is 2.78. The molecular formula is C10H6ClN3. The molecule has 0 fully saturated rings. The molecule has 0 aliphatic carbocycles. The third kappa shape index (κ3) is 1.52. The molecule has 0 aliphatic heterocycles. The number of aromatic nitrogens is 2. The van der Waals surface area contributed by atoms with Crippen molar-refractivity contribution in [3.63, 3.8) is 0 Å². The van der Waals surface area contributed by atoms with Gasteiger partial charge in [-0.2, -0.15) is 5.26 Å². The molecule has 0 radical (unpaired) electrons. The highest BCUT2D eigenvalue weighted by Gasteiger charge is 2.04. The van der Waals surface area contributed by atoms with Gasteiger partial charge in [0.1, 0.15) is 11.0 Å². The van der Waals surface area contributed by atoms with Crippen molar-refractivity contribution in [1.82, 2.24) is 9.97 Å². The molecular weight excluding hydrogens is 198 g/mol. The van der Waals surface area contributed by atoms with E-state index in [9.17, 15) is 0 Å². The van der Waals surface area contributed by atoms with E-state index >= 15 is 0 Å². The zero-order valence-electron chi connectivity index (χ0n) is 7.24. The van der Waals surface area contributed by atoms with Gasteiger partial charge in [0.2, 0.25) is 0 Å². The molecule has 0 N–H and O–H groups in total. The van der Waals surface area contributed by atoms with Crippen molar-refractivity contribution in [2.45, 2.75) is 6.42 Å². The van der Waals surface area contributed by atoms with E-state index in [4.69, 9.17) is 16.9 Å². The molecule has 2 aromatic rings. The van der Waals surface area contributed by atoms with Crippen LogP contribution in [0.5, 0.6) is 0 Å². The number of nitriles is 1. The SMILES string of the molecule is N#CCc1nc(Cl)c2ccccc2n1. The summed E-state index contributed by atoms with van der Waals surface area (Å²) in [5, 5.41) is 9.73. The molecule has 68 valence electrons. The van der Waals surface area contributed by atoms with Gasteiger partial charge in [0.05, 0.1) is 18.0 Å². The fourth-order valence-electron chi connectivity index (χ4n) is 1.23. The first kappa shape index (κ1) is 8.92. The van der Waals surface area contributed by atoms with Gasteiger partial charge in [-0.05, 0) is 12.1 Å². The van der Waals surface area contributed by atoms with E-state index in [2.05, 4.69) is 9.97 Å². The van der Waals surface area contributed by atoms with E-state index in [1.54, 1.807) is 0 Å². The number of fused-ring (bicyclic) bond motifs is 1. The van der Waals surface area contributed by atoms with Crippen LogP contribution in [0.1, 0.15) is 5.82 Å². The average Bonchev–Trinajstić information content (AvgIpc) is 2.18. The minimum absolute atomic E-state index is 0.185. The van der Waals surface area contributed by atoms with Crippen LogP contribution in [-0.4, -0.2) is 9.97 Å². The van der Waals surface area contributed by atoms with Crippen LogP contribution in [0.4, 0.5) is 0 Å². The Hall–Kier alpha value is -1.66. The highest BCUT2D eigenvalue weighted by Crippen LogP contribution is 2.19. The van der Waals surface area contributed by atoms with Crippen LogP contribution in [0.15, 0.2) is 24.3 Å². The zero-order valence-corrected chi connectivity index (χ0v) is 7.99. The molecule has 0 bridgehead atoms. The van der Waals surface area contributed by atoms with Crippen LogP contribution in [0, 0.1) is 11.3 Å². The molecule has 1 aromatic carbocycles. The number of halogens is 1. The Morgan fingerprint density at radius 1 is 1.29 bits per heavy atom. The Kier molecular flexibility index (Phi) is 2.30.